The Hall–Kier alpha value is -2.75. The van der Waals surface area contributed by atoms with E-state index in [1.54, 1.807) is 6.92 Å². The van der Waals surface area contributed by atoms with Gasteiger partial charge in [-0.1, -0.05) is 11.6 Å². The first-order valence-electron chi connectivity index (χ1n) is 6.90. The van der Waals surface area contributed by atoms with Gasteiger partial charge in [0, 0.05) is 19.2 Å². The van der Waals surface area contributed by atoms with Crippen molar-refractivity contribution in [1.29, 1.82) is 0 Å². The highest BCUT2D eigenvalue weighted by atomic mass is 35.5. The number of amides is 1. The minimum absolute atomic E-state index is 0.00149. The number of nitro benzene ring substituents is 1. The third-order valence-electron chi connectivity index (χ3n) is 3.10. The van der Waals surface area contributed by atoms with Gasteiger partial charge in [-0.05, 0) is 6.92 Å². The van der Waals surface area contributed by atoms with Crippen LogP contribution >= 0.6 is 11.6 Å². The fourth-order valence-corrected chi connectivity index (χ4v) is 2.32. The maximum Gasteiger partial charge on any atom is 0.275 e. The number of nitrogens with zero attached hydrogens (tertiary/aromatic N) is 3. The first kappa shape index (κ1) is 18.6. The number of alkyl halides is 2. The topological polar surface area (TPSA) is 99.3 Å². The Kier molecular flexibility index (Phi) is 5.52. The second-order valence-corrected chi connectivity index (χ2v) is 5.38. The lowest BCUT2D eigenvalue weighted by Gasteiger charge is -2.10. The molecule has 0 bridgehead atoms. The number of benzene rings is 1. The van der Waals surface area contributed by atoms with Crippen molar-refractivity contribution in [3.05, 3.63) is 44.7 Å². The molecule has 0 unspecified atom stereocenters. The van der Waals surface area contributed by atoms with Crippen LogP contribution in [-0.4, -0.2) is 33.6 Å². The van der Waals surface area contributed by atoms with Gasteiger partial charge in [0.1, 0.15) is 18.1 Å². The van der Waals surface area contributed by atoms with Gasteiger partial charge in [-0.25, -0.2) is 8.78 Å². The lowest BCUT2D eigenvalue weighted by atomic mass is 10.2. The average molecular weight is 375 g/mol. The molecule has 0 aliphatic carbocycles. The highest BCUT2D eigenvalue weighted by molar-refractivity contribution is 6.34. The molecule has 2 aromatic rings. The first-order chi connectivity index (χ1) is 11.7. The Balaban J connectivity index is 2.31. The van der Waals surface area contributed by atoms with Crippen molar-refractivity contribution < 1.29 is 23.2 Å². The molecule has 0 aliphatic heterocycles. The van der Waals surface area contributed by atoms with Gasteiger partial charge >= 0.3 is 0 Å². The molecule has 1 amide bonds. The summed E-state index contributed by atoms with van der Waals surface area (Å²) >= 11 is 6.01. The van der Waals surface area contributed by atoms with E-state index >= 15 is 0 Å². The number of hydrogen-bond donors (Lipinski definition) is 1. The molecule has 1 heterocycles. The van der Waals surface area contributed by atoms with Gasteiger partial charge in [-0.2, -0.15) is 5.10 Å². The van der Waals surface area contributed by atoms with Crippen LogP contribution < -0.4 is 10.1 Å². The van der Waals surface area contributed by atoms with Crippen LogP contribution in [0.15, 0.2) is 18.2 Å². The number of ether oxygens (including phenoxy) is 1. The lowest BCUT2D eigenvalue weighted by Crippen LogP contribution is -2.17. The number of non-ortho nitro benzene ring substituents is 1. The first-order valence-corrected chi connectivity index (χ1v) is 7.27. The number of carbonyl (C=O) groups is 1. The summed E-state index contributed by atoms with van der Waals surface area (Å²) in [5, 5.41) is 17.5. The summed E-state index contributed by atoms with van der Waals surface area (Å²) in [5.41, 5.74) is 0.0720. The van der Waals surface area contributed by atoms with E-state index in [4.69, 9.17) is 16.3 Å². The quantitative estimate of drug-likeness (QED) is 0.618. The van der Waals surface area contributed by atoms with Crippen LogP contribution in [0, 0.1) is 17.0 Å². The smallest absolute Gasteiger partial charge is 0.275 e. The largest absolute Gasteiger partial charge is 0.487 e. The van der Waals surface area contributed by atoms with E-state index in [9.17, 15) is 23.7 Å². The number of anilines is 1. The fraction of sp³-hybridized carbons (Fsp3) is 0.286. The van der Waals surface area contributed by atoms with Gasteiger partial charge in [-0.3, -0.25) is 19.6 Å². The van der Waals surface area contributed by atoms with Crippen LogP contribution in [0.1, 0.15) is 16.2 Å². The molecule has 0 atom stereocenters. The molecular formula is C14H13ClF2N4O4. The molecular weight excluding hydrogens is 362 g/mol. The van der Waals surface area contributed by atoms with Gasteiger partial charge in [0.05, 0.1) is 27.4 Å². The number of aryl methyl sites for hydroxylation is 2. The number of nitro groups is 1. The summed E-state index contributed by atoms with van der Waals surface area (Å²) in [4.78, 5) is 22.6. The summed E-state index contributed by atoms with van der Waals surface area (Å²) in [6.07, 6.45) is -2.74. The summed E-state index contributed by atoms with van der Waals surface area (Å²) in [6.45, 7) is 0.685. The van der Waals surface area contributed by atoms with E-state index in [1.807, 2.05) is 0 Å². The Morgan fingerprint density at radius 3 is 2.68 bits per heavy atom. The van der Waals surface area contributed by atoms with Crippen LogP contribution in [0.4, 0.5) is 20.2 Å². The molecule has 0 fully saturated rings. The third kappa shape index (κ3) is 4.41. The number of halogens is 3. The third-order valence-corrected chi connectivity index (χ3v) is 3.55. The molecule has 2 rings (SSSR count). The fourth-order valence-electron chi connectivity index (χ4n) is 2.07. The van der Waals surface area contributed by atoms with Gasteiger partial charge in [0.25, 0.3) is 18.0 Å². The molecule has 25 heavy (non-hydrogen) atoms. The van der Waals surface area contributed by atoms with E-state index in [-0.39, 0.29) is 22.2 Å². The second kappa shape index (κ2) is 7.43. The highest BCUT2D eigenvalue weighted by Gasteiger charge is 2.20. The zero-order valence-electron chi connectivity index (χ0n) is 13.1. The summed E-state index contributed by atoms with van der Waals surface area (Å²) in [6, 6.07) is 3.26. The average Bonchev–Trinajstić information content (AvgIpc) is 2.77. The van der Waals surface area contributed by atoms with Crippen molar-refractivity contribution in [2.45, 2.75) is 13.3 Å². The van der Waals surface area contributed by atoms with E-state index in [0.29, 0.717) is 5.69 Å². The number of nitrogens with one attached hydrogen (secondary N) is 1. The molecule has 8 nitrogen and oxygen atoms in total. The number of hydrogen-bond acceptors (Lipinski definition) is 5. The zero-order valence-corrected chi connectivity index (χ0v) is 13.9. The van der Waals surface area contributed by atoms with Gasteiger partial charge in [-0.15, -0.1) is 0 Å². The van der Waals surface area contributed by atoms with E-state index < -0.39 is 29.6 Å². The molecule has 0 aliphatic rings. The van der Waals surface area contributed by atoms with Crippen LogP contribution in [-0.2, 0) is 7.05 Å². The molecule has 1 N–H and O–H groups in total. The van der Waals surface area contributed by atoms with Crippen LogP contribution in [0.25, 0.3) is 0 Å². The van der Waals surface area contributed by atoms with E-state index in [1.165, 1.54) is 17.8 Å². The summed E-state index contributed by atoms with van der Waals surface area (Å²) in [5.74, 6) is -0.828. The molecule has 1 aromatic heterocycles. The van der Waals surface area contributed by atoms with Crippen LogP contribution in [0.3, 0.4) is 0 Å². The van der Waals surface area contributed by atoms with Crippen molar-refractivity contribution in [3.63, 3.8) is 0 Å². The zero-order chi connectivity index (χ0) is 18.7. The second-order valence-electron chi connectivity index (χ2n) is 5.00. The maximum absolute atomic E-state index is 12.3. The predicted molar refractivity (Wildman–Crippen MR) is 85.5 cm³/mol. The predicted octanol–water partition coefficient (Wildman–Crippen LogP) is 3.19. The van der Waals surface area contributed by atoms with Crippen molar-refractivity contribution in [3.8, 4) is 5.75 Å². The highest BCUT2D eigenvalue weighted by Crippen LogP contribution is 2.27. The van der Waals surface area contributed by atoms with Crippen molar-refractivity contribution in [1.82, 2.24) is 9.78 Å². The molecule has 0 spiro atoms. The lowest BCUT2D eigenvalue weighted by molar-refractivity contribution is -0.384. The Bertz CT molecular complexity index is 825. The van der Waals surface area contributed by atoms with Gasteiger partial charge < -0.3 is 10.1 Å². The van der Waals surface area contributed by atoms with Crippen molar-refractivity contribution in [2.24, 2.45) is 7.05 Å². The minimum Gasteiger partial charge on any atom is -0.487 e. The Morgan fingerprint density at radius 2 is 2.16 bits per heavy atom. The van der Waals surface area contributed by atoms with Crippen LogP contribution in [0.5, 0.6) is 5.75 Å². The summed E-state index contributed by atoms with van der Waals surface area (Å²) in [7, 11) is 1.51. The van der Waals surface area contributed by atoms with E-state index in [0.717, 1.165) is 12.1 Å². The molecule has 134 valence electrons. The standard InChI is InChI=1S/C14H13ClF2N4O4/c1-7-12(15)13(20(2)19-7)14(22)18-8-3-9(21(23)24)5-10(4-8)25-6-11(16)17/h3-5,11H,6H2,1-2H3,(H,18,22). The Morgan fingerprint density at radius 1 is 1.48 bits per heavy atom. The number of aromatic nitrogens is 2. The van der Waals surface area contributed by atoms with E-state index in [2.05, 4.69) is 10.4 Å². The summed E-state index contributed by atoms with van der Waals surface area (Å²) < 4.78 is 30.6. The number of rotatable bonds is 6. The van der Waals surface area contributed by atoms with Gasteiger partial charge in [0.15, 0.2) is 0 Å². The van der Waals surface area contributed by atoms with Crippen LogP contribution in [0.2, 0.25) is 5.02 Å². The molecule has 1 aromatic carbocycles. The van der Waals surface area contributed by atoms with Crippen molar-refractivity contribution in [2.75, 3.05) is 11.9 Å². The van der Waals surface area contributed by atoms with Gasteiger partial charge in [0.2, 0.25) is 0 Å². The molecule has 0 saturated heterocycles. The molecule has 11 heteroatoms. The number of carbonyl (C=O) groups excluding carboxylic acids is 1. The SMILES string of the molecule is Cc1nn(C)c(C(=O)Nc2cc(OCC(F)F)cc([N+](=O)[O-])c2)c1Cl. The monoisotopic (exact) mass is 374 g/mol. The maximum atomic E-state index is 12.3. The molecule has 0 radical (unpaired) electrons. The van der Waals surface area contributed by atoms with Crippen molar-refractivity contribution >= 4 is 28.9 Å². The Labute approximate surface area is 145 Å². The minimum atomic E-state index is -2.74. The molecule has 0 saturated carbocycles. The normalized spacial score (nSPS) is 10.8.